The molecule has 1 aromatic carbocycles. The molecule has 0 saturated heterocycles. The molecule has 0 heterocycles. The smallest absolute Gasteiger partial charge is 0.337 e. The average molecular weight is 312 g/mol. The maximum atomic E-state index is 11.8. The number of aliphatic hydroxyl groups is 1. The van der Waals surface area contributed by atoms with Crippen molar-refractivity contribution in [3.8, 4) is 11.5 Å². The summed E-state index contributed by atoms with van der Waals surface area (Å²) in [5.41, 5.74) is 1.40. The van der Waals surface area contributed by atoms with Gasteiger partial charge in [-0.25, -0.2) is 4.79 Å². The van der Waals surface area contributed by atoms with Gasteiger partial charge in [0.05, 0.1) is 26.9 Å². The highest BCUT2D eigenvalue weighted by Gasteiger charge is 2.15. The summed E-state index contributed by atoms with van der Waals surface area (Å²) in [6.07, 6.45) is 0.944. The van der Waals surface area contributed by atoms with Crippen LogP contribution >= 0.6 is 0 Å². The molecule has 22 heavy (non-hydrogen) atoms. The Balaban J connectivity index is 2.53. The number of aliphatic hydroxyl groups excluding tert-OH is 1. The van der Waals surface area contributed by atoms with E-state index in [1.807, 2.05) is 13.8 Å². The Morgan fingerprint density at radius 3 is 2.55 bits per heavy atom. The molecule has 0 aromatic heterocycles. The Hall–Kier alpha value is -1.63. The van der Waals surface area contributed by atoms with E-state index < -0.39 is 5.97 Å². The van der Waals surface area contributed by atoms with E-state index in [0.717, 1.165) is 12.0 Å². The Bertz CT molecular complexity index is 447. The van der Waals surface area contributed by atoms with Crippen LogP contribution in [-0.4, -0.2) is 44.6 Å². The fourth-order valence-electron chi connectivity index (χ4n) is 1.86. The monoisotopic (exact) mass is 312 g/mol. The zero-order valence-corrected chi connectivity index (χ0v) is 13.4. The van der Waals surface area contributed by atoms with Crippen molar-refractivity contribution >= 4 is 5.97 Å². The van der Waals surface area contributed by atoms with Crippen LogP contribution in [0.5, 0.6) is 11.5 Å². The third-order valence-corrected chi connectivity index (χ3v) is 2.82. The van der Waals surface area contributed by atoms with Crippen molar-refractivity contribution in [1.82, 2.24) is 0 Å². The van der Waals surface area contributed by atoms with Crippen molar-refractivity contribution in [2.45, 2.75) is 26.9 Å². The Morgan fingerprint density at radius 1 is 1.18 bits per heavy atom. The quantitative estimate of drug-likeness (QED) is 0.404. The summed E-state index contributed by atoms with van der Waals surface area (Å²) >= 11 is 0. The predicted molar refractivity (Wildman–Crippen MR) is 81.2 cm³/mol. The molecule has 1 rings (SSSR count). The Kier molecular flexibility index (Phi) is 8.50. The molecule has 0 bridgehead atoms. The lowest BCUT2D eigenvalue weighted by Gasteiger charge is -2.14. The van der Waals surface area contributed by atoms with Gasteiger partial charge >= 0.3 is 5.97 Å². The standard InChI is InChI=1S/C16H24O6/c1-4-5-20-6-7-21-11-15(18)22-16-13(10-17)8-12(2)9-14(16)19-3/h8-9,17H,4-7,10-11H2,1-3H3. The molecule has 0 fully saturated rings. The van der Waals surface area contributed by atoms with Crippen molar-refractivity contribution in [2.75, 3.05) is 33.5 Å². The van der Waals surface area contributed by atoms with E-state index in [-0.39, 0.29) is 19.0 Å². The number of benzene rings is 1. The van der Waals surface area contributed by atoms with Gasteiger partial charge in [0.2, 0.25) is 0 Å². The van der Waals surface area contributed by atoms with Gasteiger partial charge in [-0.2, -0.15) is 0 Å². The molecule has 0 radical (unpaired) electrons. The Morgan fingerprint density at radius 2 is 1.91 bits per heavy atom. The van der Waals surface area contributed by atoms with Gasteiger partial charge in [-0.1, -0.05) is 6.92 Å². The summed E-state index contributed by atoms with van der Waals surface area (Å²) in [6, 6.07) is 3.48. The summed E-state index contributed by atoms with van der Waals surface area (Å²) < 4.78 is 20.9. The lowest BCUT2D eigenvalue weighted by molar-refractivity contribution is -0.140. The van der Waals surface area contributed by atoms with Crippen molar-refractivity contribution in [3.05, 3.63) is 23.3 Å². The van der Waals surface area contributed by atoms with Crippen molar-refractivity contribution in [1.29, 1.82) is 0 Å². The molecule has 0 aliphatic carbocycles. The van der Waals surface area contributed by atoms with Crippen LogP contribution in [0.25, 0.3) is 0 Å². The molecule has 6 nitrogen and oxygen atoms in total. The van der Waals surface area contributed by atoms with E-state index in [9.17, 15) is 9.90 Å². The second-order valence-corrected chi connectivity index (χ2v) is 4.75. The van der Waals surface area contributed by atoms with Crippen LogP contribution in [-0.2, 0) is 20.9 Å². The number of esters is 1. The lowest BCUT2D eigenvalue weighted by Crippen LogP contribution is -2.18. The van der Waals surface area contributed by atoms with Gasteiger partial charge in [-0.15, -0.1) is 0 Å². The second-order valence-electron chi connectivity index (χ2n) is 4.75. The molecule has 0 amide bonds. The summed E-state index contributed by atoms with van der Waals surface area (Å²) in [4.78, 5) is 11.8. The fraction of sp³-hybridized carbons (Fsp3) is 0.562. The lowest BCUT2D eigenvalue weighted by atomic mass is 10.1. The molecule has 0 aliphatic heterocycles. The highest BCUT2D eigenvalue weighted by Crippen LogP contribution is 2.32. The first-order valence-electron chi connectivity index (χ1n) is 7.26. The molecular weight excluding hydrogens is 288 g/mol. The van der Waals surface area contributed by atoms with E-state index in [2.05, 4.69) is 0 Å². The van der Waals surface area contributed by atoms with Crippen LogP contribution in [0.2, 0.25) is 0 Å². The Labute approximate surface area is 130 Å². The number of carbonyl (C=O) groups excluding carboxylic acids is 1. The van der Waals surface area contributed by atoms with Gasteiger partial charge in [-0.05, 0) is 31.0 Å². The molecular formula is C16H24O6. The van der Waals surface area contributed by atoms with Crippen LogP contribution < -0.4 is 9.47 Å². The van der Waals surface area contributed by atoms with Crippen molar-refractivity contribution < 1.29 is 28.8 Å². The topological polar surface area (TPSA) is 74.2 Å². The highest BCUT2D eigenvalue weighted by molar-refractivity contribution is 5.75. The molecule has 6 heteroatoms. The predicted octanol–water partition coefficient (Wildman–Crippen LogP) is 1.84. The zero-order valence-electron chi connectivity index (χ0n) is 13.4. The van der Waals surface area contributed by atoms with Gasteiger partial charge in [0.15, 0.2) is 11.5 Å². The number of ether oxygens (including phenoxy) is 4. The molecule has 0 spiro atoms. The number of aryl methyl sites for hydroxylation is 1. The molecule has 0 aliphatic rings. The third kappa shape index (κ3) is 6.01. The SMILES string of the molecule is CCCOCCOCC(=O)Oc1c(CO)cc(C)cc1OC. The molecule has 0 unspecified atom stereocenters. The fourth-order valence-corrected chi connectivity index (χ4v) is 1.86. The number of methoxy groups -OCH3 is 1. The van der Waals surface area contributed by atoms with E-state index in [1.165, 1.54) is 7.11 Å². The first-order chi connectivity index (χ1) is 10.6. The second kappa shape index (κ2) is 10.2. The van der Waals surface area contributed by atoms with Gasteiger partial charge in [0.25, 0.3) is 0 Å². The summed E-state index contributed by atoms with van der Waals surface area (Å²) in [5, 5.41) is 9.38. The van der Waals surface area contributed by atoms with E-state index in [1.54, 1.807) is 12.1 Å². The third-order valence-electron chi connectivity index (χ3n) is 2.82. The molecule has 0 saturated carbocycles. The van der Waals surface area contributed by atoms with E-state index >= 15 is 0 Å². The number of hydrogen-bond donors (Lipinski definition) is 1. The molecule has 1 aromatic rings. The van der Waals surface area contributed by atoms with E-state index in [0.29, 0.717) is 31.1 Å². The molecule has 0 atom stereocenters. The minimum Gasteiger partial charge on any atom is -0.493 e. The first kappa shape index (κ1) is 18.4. The van der Waals surface area contributed by atoms with Crippen LogP contribution in [0.1, 0.15) is 24.5 Å². The number of hydrogen-bond acceptors (Lipinski definition) is 6. The summed E-state index contributed by atoms with van der Waals surface area (Å²) in [5.74, 6) is 0.0856. The van der Waals surface area contributed by atoms with Gasteiger partial charge in [0, 0.05) is 12.2 Å². The normalized spacial score (nSPS) is 10.5. The number of carbonyl (C=O) groups is 1. The zero-order chi connectivity index (χ0) is 16.4. The summed E-state index contributed by atoms with van der Waals surface area (Å²) in [7, 11) is 1.48. The maximum absolute atomic E-state index is 11.8. The molecule has 124 valence electrons. The minimum absolute atomic E-state index is 0.183. The van der Waals surface area contributed by atoms with E-state index in [4.69, 9.17) is 18.9 Å². The summed E-state index contributed by atoms with van der Waals surface area (Å²) in [6.45, 7) is 4.90. The van der Waals surface area contributed by atoms with Crippen LogP contribution in [0.3, 0.4) is 0 Å². The maximum Gasteiger partial charge on any atom is 0.337 e. The van der Waals surface area contributed by atoms with Crippen LogP contribution in [0.15, 0.2) is 12.1 Å². The van der Waals surface area contributed by atoms with Crippen LogP contribution in [0.4, 0.5) is 0 Å². The van der Waals surface area contributed by atoms with Gasteiger partial charge < -0.3 is 24.1 Å². The largest absolute Gasteiger partial charge is 0.493 e. The first-order valence-corrected chi connectivity index (χ1v) is 7.26. The van der Waals surface area contributed by atoms with Gasteiger partial charge in [-0.3, -0.25) is 0 Å². The minimum atomic E-state index is -0.549. The van der Waals surface area contributed by atoms with Gasteiger partial charge in [0.1, 0.15) is 6.61 Å². The molecule has 1 N–H and O–H groups in total. The van der Waals surface area contributed by atoms with Crippen molar-refractivity contribution in [3.63, 3.8) is 0 Å². The number of rotatable bonds is 10. The van der Waals surface area contributed by atoms with Crippen molar-refractivity contribution in [2.24, 2.45) is 0 Å². The average Bonchev–Trinajstić information content (AvgIpc) is 2.51. The van der Waals surface area contributed by atoms with Crippen LogP contribution in [0, 0.1) is 6.92 Å². The highest BCUT2D eigenvalue weighted by atomic mass is 16.6.